The monoisotopic (exact) mass is 463 g/mol. The van der Waals surface area contributed by atoms with E-state index in [0.29, 0.717) is 17.3 Å². The van der Waals surface area contributed by atoms with E-state index in [9.17, 15) is 4.79 Å². The third-order valence-corrected chi connectivity index (χ3v) is 5.57. The Morgan fingerprint density at radius 1 is 1.13 bits per heavy atom. The maximum Gasteiger partial charge on any atom is 0.278 e. The van der Waals surface area contributed by atoms with Crippen LogP contribution >= 0.6 is 15.9 Å². The van der Waals surface area contributed by atoms with Crippen LogP contribution in [0, 0.1) is 0 Å². The minimum Gasteiger partial charge on any atom is -0.321 e. The standard InChI is InChI=1S/C21H18BrN7O/c1-28-12-23-26-20(28)14-3-2-4-16(11-14)24-21(30)18-19(13-5-6-13)29(27-25-18)17-9-7-15(22)8-10-17/h2-4,7-13H,5-6H2,1H3,(H,24,30). The predicted molar refractivity (Wildman–Crippen MR) is 115 cm³/mol. The van der Waals surface area contributed by atoms with Gasteiger partial charge in [0, 0.05) is 28.7 Å². The molecule has 1 aliphatic carbocycles. The minimum absolute atomic E-state index is 0.268. The number of hydrogen-bond acceptors (Lipinski definition) is 5. The Balaban J connectivity index is 1.45. The number of carbonyl (C=O) groups is 1. The first-order valence-corrected chi connectivity index (χ1v) is 10.4. The molecular formula is C21H18BrN7O. The van der Waals surface area contributed by atoms with E-state index in [1.54, 1.807) is 11.0 Å². The zero-order valence-electron chi connectivity index (χ0n) is 16.2. The van der Waals surface area contributed by atoms with Crippen molar-refractivity contribution < 1.29 is 4.79 Å². The molecule has 5 rings (SSSR count). The number of nitrogens with one attached hydrogen (secondary N) is 1. The molecule has 2 aromatic heterocycles. The first-order valence-electron chi connectivity index (χ1n) is 9.57. The summed E-state index contributed by atoms with van der Waals surface area (Å²) in [6.45, 7) is 0. The molecule has 0 spiro atoms. The predicted octanol–water partition coefficient (Wildman–Crippen LogP) is 3.96. The molecule has 0 bridgehead atoms. The normalized spacial score (nSPS) is 13.4. The molecule has 0 aliphatic heterocycles. The van der Waals surface area contributed by atoms with Gasteiger partial charge in [-0.1, -0.05) is 33.3 Å². The Hall–Kier alpha value is -3.33. The third-order valence-electron chi connectivity index (χ3n) is 5.05. The second kappa shape index (κ2) is 7.49. The van der Waals surface area contributed by atoms with E-state index in [0.717, 1.165) is 40.1 Å². The number of amides is 1. The van der Waals surface area contributed by atoms with Gasteiger partial charge in [0.2, 0.25) is 0 Å². The zero-order valence-corrected chi connectivity index (χ0v) is 17.7. The summed E-state index contributed by atoms with van der Waals surface area (Å²) in [6, 6.07) is 15.3. The maximum atomic E-state index is 13.1. The summed E-state index contributed by atoms with van der Waals surface area (Å²) in [5, 5.41) is 19.5. The van der Waals surface area contributed by atoms with Gasteiger partial charge in [-0.15, -0.1) is 15.3 Å². The minimum atomic E-state index is -0.268. The lowest BCUT2D eigenvalue weighted by Gasteiger charge is -2.09. The van der Waals surface area contributed by atoms with Crippen LogP contribution in [-0.2, 0) is 7.05 Å². The molecular weight excluding hydrogens is 446 g/mol. The number of anilines is 1. The maximum absolute atomic E-state index is 13.1. The van der Waals surface area contributed by atoms with E-state index in [1.807, 2.05) is 60.1 Å². The van der Waals surface area contributed by atoms with Gasteiger partial charge in [0.15, 0.2) is 11.5 Å². The van der Waals surface area contributed by atoms with E-state index in [2.05, 4.69) is 41.8 Å². The van der Waals surface area contributed by atoms with Crippen LogP contribution in [0.2, 0.25) is 0 Å². The molecule has 1 N–H and O–H groups in total. The molecule has 0 saturated heterocycles. The Morgan fingerprint density at radius 2 is 1.93 bits per heavy atom. The molecule has 0 atom stereocenters. The molecule has 150 valence electrons. The second-order valence-corrected chi connectivity index (χ2v) is 8.20. The first kappa shape index (κ1) is 18.7. The van der Waals surface area contributed by atoms with Crippen LogP contribution in [0.1, 0.15) is 34.9 Å². The van der Waals surface area contributed by atoms with Crippen molar-refractivity contribution in [1.29, 1.82) is 0 Å². The molecule has 0 unspecified atom stereocenters. The fourth-order valence-electron chi connectivity index (χ4n) is 3.42. The van der Waals surface area contributed by atoms with Crippen LogP contribution in [0.25, 0.3) is 17.1 Å². The van der Waals surface area contributed by atoms with Crippen LogP contribution in [0.4, 0.5) is 5.69 Å². The molecule has 4 aromatic rings. The van der Waals surface area contributed by atoms with Gasteiger partial charge >= 0.3 is 0 Å². The second-order valence-electron chi connectivity index (χ2n) is 7.29. The lowest BCUT2D eigenvalue weighted by molar-refractivity contribution is 0.102. The summed E-state index contributed by atoms with van der Waals surface area (Å²) in [7, 11) is 1.88. The molecule has 2 aromatic carbocycles. The van der Waals surface area contributed by atoms with Gasteiger partial charge in [0.1, 0.15) is 6.33 Å². The molecule has 2 heterocycles. The number of benzene rings is 2. The Labute approximate surface area is 181 Å². The van der Waals surface area contributed by atoms with Gasteiger partial charge in [-0.2, -0.15) is 0 Å². The van der Waals surface area contributed by atoms with E-state index < -0.39 is 0 Å². The molecule has 0 radical (unpaired) electrons. The number of aromatic nitrogens is 6. The van der Waals surface area contributed by atoms with Crippen molar-refractivity contribution in [1.82, 2.24) is 29.8 Å². The molecule has 1 aliphatic rings. The van der Waals surface area contributed by atoms with Crippen LogP contribution in [0.5, 0.6) is 0 Å². The summed E-state index contributed by atoms with van der Waals surface area (Å²) < 4.78 is 4.59. The number of rotatable bonds is 5. The van der Waals surface area contributed by atoms with Crippen molar-refractivity contribution in [3.05, 3.63) is 70.7 Å². The largest absolute Gasteiger partial charge is 0.321 e. The fourth-order valence-corrected chi connectivity index (χ4v) is 3.68. The first-order chi connectivity index (χ1) is 14.6. The molecule has 8 nitrogen and oxygen atoms in total. The van der Waals surface area contributed by atoms with Crippen LogP contribution in [0.3, 0.4) is 0 Å². The van der Waals surface area contributed by atoms with Crippen molar-refractivity contribution in [3.8, 4) is 17.1 Å². The average Bonchev–Trinajstić information content (AvgIpc) is 3.33. The summed E-state index contributed by atoms with van der Waals surface area (Å²) in [6.07, 6.45) is 3.71. The molecule has 1 saturated carbocycles. The number of carbonyl (C=O) groups excluding carboxylic acids is 1. The van der Waals surface area contributed by atoms with Crippen molar-refractivity contribution in [3.63, 3.8) is 0 Å². The SMILES string of the molecule is Cn1cnnc1-c1cccc(NC(=O)c2nnn(-c3ccc(Br)cc3)c2C2CC2)c1. The van der Waals surface area contributed by atoms with Crippen LogP contribution in [0.15, 0.2) is 59.3 Å². The highest BCUT2D eigenvalue weighted by Crippen LogP contribution is 2.42. The van der Waals surface area contributed by atoms with Crippen molar-refractivity contribution in [2.45, 2.75) is 18.8 Å². The molecule has 1 fully saturated rings. The smallest absolute Gasteiger partial charge is 0.278 e. The van der Waals surface area contributed by atoms with Crippen LogP contribution < -0.4 is 5.32 Å². The molecule has 30 heavy (non-hydrogen) atoms. The third kappa shape index (κ3) is 3.52. The number of halogens is 1. The summed E-state index contributed by atoms with van der Waals surface area (Å²) in [5.74, 6) is 0.760. The highest BCUT2D eigenvalue weighted by molar-refractivity contribution is 9.10. The Morgan fingerprint density at radius 3 is 2.63 bits per heavy atom. The van der Waals surface area contributed by atoms with Gasteiger partial charge in [-0.25, -0.2) is 4.68 Å². The van der Waals surface area contributed by atoms with Crippen molar-refractivity contribution >= 4 is 27.5 Å². The molecule has 1 amide bonds. The zero-order chi connectivity index (χ0) is 20.7. The van der Waals surface area contributed by atoms with E-state index in [-0.39, 0.29) is 5.91 Å². The fraction of sp³-hybridized carbons (Fsp3) is 0.190. The highest BCUT2D eigenvalue weighted by Gasteiger charge is 2.34. The number of nitrogens with zero attached hydrogens (tertiary/aromatic N) is 6. The van der Waals surface area contributed by atoms with E-state index in [4.69, 9.17) is 0 Å². The Bertz CT molecular complexity index is 1220. The van der Waals surface area contributed by atoms with Gasteiger partial charge in [0.05, 0.1) is 11.4 Å². The highest BCUT2D eigenvalue weighted by atomic mass is 79.9. The average molecular weight is 464 g/mol. The van der Waals surface area contributed by atoms with Crippen molar-refractivity contribution in [2.75, 3.05) is 5.32 Å². The van der Waals surface area contributed by atoms with Gasteiger partial charge in [-0.05, 0) is 49.2 Å². The topological polar surface area (TPSA) is 90.5 Å². The summed E-state index contributed by atoms with van der Waals surface area (Å²) >= 11 is 3.45. The van der Waals surface area contributed by atoms with Gasteiger partial charge in [-0.3, -0.25) is 4.79 Å². The lowest BCUT2D eigenvalue weighted by atomic mass is 10.1. The van der Waals surface area contributed by atoms with Crippen LogP contribution in [-0.4, -0.2) is 35.7 Å². The van der Waals surface area contributed by atoms with E-state index >= 15 is 0 Å². The number of hydrogen-bond donors (Lipinski definition) is 1. The summed E-state index contributed by atoms with van der Waals surface area (Å²) in [5.41, 5.74) is 3.65. The lowest BCUT2D eigenvalue weighted by Crippen LogP contribution is -2.15. The quantitative estimate of drug-likeness (QED) is 0.483. The van der Waals surface area contributed by atoms with Crippen molar-refractivity contribution in [2.24, 2.45) is 7.05 Å². The summed E-state index contributed by atoms with van der Waals surface area (Å²) in [4.78, 5) is 13.1. The molecule has 9 heteroatoms. The Kier molecular flexibility index (Phi) is 4.66. The van der Waals surface area contributed by atoms with Gasteiger partial charge in [0.25, 0.3) is 5.91 Å². The number of aryl methyl sites for hydroxylation is 1. The van der Waals surface area contributed by atoms with E-state index in [1.165, 1.54) is 0 Å². The van der Waals surface area contributed by atoms with Gasteiger partial charge < -0.3 is 9.88 Å².